The van der Waals surface area contributed by atoms with Gasteiger partial charge in [-0.2, -0.15) is 0 Å². The normalized spacial score (nSPS) is 11.0. The summed E-state index contributed by atoms with van der Waals surface area (Å²) in [5, 5.41) is 4.18. The highest BCUT2D eigenvalue weighted by Gasteiger charge is 2.14. The van der Waals surface area contributed by atoms with Gasteiger partial charge in [-0.05, 0) is 31.2 Å². The number of methoxy groups -OCH3 is 2. The molecule has 8 heteroatoms. The Morgan fingerprint density at radius 2 is 1.90 bits per heavy atom. The summed E-state index contributed by atoms with van der Waals surface area (Å²) in [4.78, 5) is 33.3. The zero-order valence-electron chi connectivity index (χ0n) is 17.0. The van der Waals surface area contributed by atoms with Gasteiger partial charge in [0, 0.05) is 41.8 Å². The number of nitrogens with one attached hydrogen (secondary N) is 2. The van der Waals surface area contributed by atoms with Gasteiger partial charge in [0.25, 0.3) is 11.5 Å². The molecule has 0 aliphatic heterocycles. The van der Waals surface area contributed by atoms with Crippen molar-refractivity contribution < 1.29 is 14.3 Å². The van der Waals surface area contributed by atoms with E-state index in [2.05, 4.69) is 15.3 Å². The van der Waals surface area contributed by atoms with Crippen LogP contribution in [0, 0.1) is 6.92 Å². The lowest BCUT2D eigenvalue weighted by atomic mass is 10.1. The van der Waals surface area contributed by atoms with Gasteiger partial charge in [0.05, 0.1) is 25.1 Å². The minimum absolute atomic E-state index is 0.189. The fourth-order valence-electron chi connectivity index (χ4n) is 3.58. The molecule has 0 fully saturated rings. The van der Waals surface area contributed by atoms with Gasteiger partial charge in [-0.15, -0.1) is 0 Å². The average Bonchev–Trinajstić information content (AvgIpc) is 3.24. The summed E-state index contributed by atoms with van der Waals surface area (Å²) in [6.45, 7) is 2.36. The lowest BCUT2D eigenvalue weighted by Gasteiger charge is -2.13. The fraction of sp³-hybridized carbons (Fsp3) is 0.227. The summed E-state index contributed by atoms with van der Waals surface area (Å²) in [5.74, 6) is 1.35. The minimum Gasteiger partial charge on any atom is -0.493 e. The number of aryl methyl sites for hydroxylation is 1. The first-order chi connectivity index (χ1) is 14.5. The maximum absolute atomic E-state index is 13.0. The number of aromatic nitrogens is 3. The van der Waals surface area contributed by atoms with E-state index in [1.807, 2.05) is 18.2 Å². The van der Waals surface area contributed by atoms with Gasteiger partial charge in [-0.3, -0.25) is 14.2 Å². The molecule has 30 heavy (non-hydrogen) atoms. The van der Waals surface area contributed by atoms with Crippen LogP contribution in [-0.2, 0) is 6.54 Å². The van der Waals surface area contributed by atoms with Crippen LogP contribution in [0.5, 0.6) is 11.5 Å². The summed E-state index contributed by atoms with van der Waals surface area (Å²) < 4.78 is 12.1. The number of fused-ring (bicyclic) bond motifs is 2. The third-order valence-corrected chi connectivity index (χ3v) is 5.11. The molecule has 0 saturated heterocycles. The van der Waals surface area contributed by atoms with E-state index in [0.717, 1.165) is 10.9 Å². The molecule has 2 aromatic carbocycles. The van der Waals surface area contributed by atoms with Crippen LogP contribution in [0.1, 0.15) is 16.2 Å². The van der Waals surface area contributed by atoms with E-state index in [0.29, 0.717) is 46.9 Å². The topological polar surface area (TPSA) is 98.2 Å². The van der Waals surface area contributed by atoms with Gasteiger partial charge in [0.2, 0.25) is 0 Å². The van der Waals surface area contributed by atoms with Crippen molar-refractivity contribution in [1.29, 1.82) is 0 Å². The third-order valence-electron chi connectivity index (χ3n) is 5.11. The molecule has 2 aromatic heterocycles. The Morgan fingerprint density at radius 3 is 2.67 bits per heavy atom. The maximum Gasteiger partial charge on any atom is 0.261 e. The molecule has 0 aliphatic rings. The first kappa shape index (κ1) is 19.5. The number of benzene rings is 2. The molecule has 0 aliphatic carbocycles. The van der Waals surface area contributed by atoms with E-state index in [-0.39, 0.29) is 11.5 Å². The van der Waals surface area contributed by atoms with Crippen LogP contribution < -0.4 is 20.3 Å². The van der Waals surface area contributed by atoms with Crippen LogP contribution in [0.25, 0.3) is 21.8 Å². The van der Waals surface area contributed by atoms with E-state index in [1.54, 1.807) is 35.9 Å². The van der Waals surface area contributed by atoms with E-state index >= 15 is 0 Å². The van der Waals surface area contributed by atoms with E-state index in [1.165, 1.54) is 14.2 Å². The number of ether oxygens (including phenoxy) is 2. The van der Waals surface area contributed by atoms with Crippen molar-refractivity contribution >= 4 is 27.7 Å². The molecule has 8 nitrogen and oxygen atoms in total. The van der Waals surface area contributed by atoms with Crippen molar-refractivity contribution in [1.82, 2.24) is 19.9 Å². The van der Waals surface area contributed by atoms with Crippen molar-refractivity contribution in [3.8, 4) is 11.5 Å². The van der Waals surface area contributed by atoms with Gasteiger partial charge in [-0.25, -0.2) is 4.98 Å². The van der Waals surface area contributed by atoms with Crippen molar-refractivity contribution in [2.45, 2.75) is 13.5 Å². The molecule has 4 aromatic rings. The van der Waals surface area contributed by atoms with Crippen LogP contribution in [0.4, 0.5) is 0 Å². The summed E-state index contributed by atoms with van der Waals surface area (Å²) in [7, 11) is 3.05. The molecule has 2 N–H and O–H groups in total. The SMILES string of the molecule is COc1cc2nc(C)n(CCNC(=O)c3cccc4[nH]ccc34)c(=O)c2cc1OC. The van der Waals surface area contributed by atoms with Crippen molar-refractivity contribution in [2.75, 3.05) is 20.8 Å². The first-order valence-corrected chi connectivity index (χ1v) is 9.51. The molecule has 4 rings (SSSR count). The van der Waals surface area contributed by atoms with Crippen molar-refractivity contribution in [3.05, 3.63) is 64.3 Å². The van der Waals surface area contributed by atoms with Crippen molar-refractivity contribution in [3.63, 3.8) is 0 Å². The molecule has 0 spiro atoms. The van der Waals surface area contributed by atoms with Gasteiger partial charge in [0.1, 0.15) is 5.82 Å². The number of aromatic amines is 1. The maximum atomic E-state index is 13.0. The zero-order valence-corrected chi connectivity index (χ0v) is 17.0. The molecule has 2 heterocycles. The fourth-order valence-corrected chi connectivity index (χ4v) is 3.58. The van der Waals surface area contributed by atoms with E-state index < -0.39 is 0 Å². The number of carbonyl (C=O) groups is 1. The predicted octanol–water partition coefficient (Wildman–Crippen LogP) is 2.63. The number of H-pyrrole nitrogens is 1. The predicted molar refractivity (Wildman–Crippen MR) is 114 cm³/mol. The summed E-state index contributed by atoms with van der Waals surface area (Å²) >= 11 is 0. The van der Waals surface area contributed by atoms with E-state index in [9.17, 15) is 9.59 Å². The van der Waals surface area contributed by atoms with Crippen LogP contribution in [0.15, 0.2) is 47.4 Å². The van der Waals surface area contributed by atoms with E-state index in [4.69, 9.17) is 9.47 Å². The Bertz CT molecular complexity index is 1310. The first-order valence-electron chi connectivity index (χ1n) is 9.51. The molecule has 1 amide bonds. The van der Waals surface area contributed by atoms with Crippen molar-refractivity contribution in [2.24, 2.45) is 0 Å². The van der Waals surface area contributed by atoms with Crippen LogP contribution >= 0.6 is 0 Å². The molecular weight excluding hydrogens is 384 g/mol. The Hall–Kier alpha value is -3.81. The van der Waals surface area contributed by atoms with Gasteiger partial charge in [0.15, 0.2) is 11.5 Å². The number of hydrogen-bond acceptors (Lipinski definition) is 5. The Labute approximate surface area is 172 Å². The average molecular weight is 406 g/mol. The monoisotopic (exact) mass is 406 g/mol. The molecule has 0 saturated carbocycles. The highest BCUT2D eigenvalue weighted by atomic mass is 16.5. The molecule has 0 radical (unpaired) electrons. The largest absolute Gasteiger partial charge is 0.493 e. The van der Waals surface area contributed by atoms with Crippen LogP contribution in [-0.4, -0.2) is 41.2 Å². The number of nitrogens with zero attached hydrogens (tertiary/aromatic N) is 2. The second-order valence-corrected chi connectivity index (χ2v) is 6.84. The minimum atomic E-state index is -0.194. The van der Waals surface area contributed by atoms with Crippen LogP contribution in [0.3, 0.4) is 0 Å². The standard InChI is InChI=1S/C22H22N4O4/c1-13-25-18-12-20(30-3)19(29-2)11-16(18)22(28)26(13)10-9-24-21(27)15-5-4-6-17-14(15)7-8-23-17/h4-8,11-12,23H,9-10H2,1-3H3,(H,24,27). The number of carbonyl (C=O) groups excluding carboxylic acids is 1. The number of amides is 1. The highest BCUT2D eigenvalue weighted by Crippen LogP contribution is 2.30. The second-order valence-electron chi connectivity index (χ2n) is 6.84. The van der Waals surface area contributed by atoms with Crippen LogP contribution in [0.2, 0.25) is 0 Å². The Morgan fingerprint density at radius 1 is 1.13 bits per heavy atom. The van der Waals surface area contributed by atoms with Gasteiger partial charge in [-0.1, -0.05) is 6.07 Å². The smallest absolute Gasteiger partial charge is 0.261 e. The Balaban J connectivity index is 1.57. The molecule has 154 valence electrons. The zero-order chi connectivity index (χ0) is 21.3. The summed E-state index contributed by atoms with van der Waals surface area (Å²) in [6.07, 6.45) is 1.80. The highest BCUT2D eigenvalue weighted by molar-refractivity contribution is 6.06. The lowest BCUT2D eigenvalue weighted by Crippen LogP contribution is -2.32. The lowest BCUT2D eigenvalue weighted by molar-refractivity contribution is 0.0953. The quantitative estimate of drug-likeness (QED) is 0.513. The second kappa shape index (κ2) is 7.90. The Kier molecular flexibility index (Phi) is 5.14. The molecule has 0 bridgehead atoms. The molecule has 0 atom stereocenters. The van der Waals surface area contributed by atoms with Gasteiger partial charge >= 0.3 is 0 Å². The third kappa shape index (κ3) is 3.36. The summed E-state index contributed by atoms with van der Waals surface area (Å²) in [6, 6.07) is 10.7. The summed E-state index contributed by atoms with van der Waals surface area (Å²) in [5.41, 5.74) is 1.83. The number of rotatable bonds is 6. The number of hydrogen-bond donors (Lipinski definition) is 2. The molecule has 0 unspecified atom stereocenters. The molecular formula is C22H22N4O4. The van der Waals surface area contributed by atoms with Gasteiger partial charge < -0.3 is 19.8 Å².